The molecule has 3 saturated heterocycles. The van der Waals surface area contributed by atoms with Crippen molar-refractivity contribution in [1.29, 1.82) is 0 Å². The molecule has 3 aliphatic heterocycles. The van der Waals surface area contributed by atoms with Gasteiger partial charge >= 0.3 is 0 Å². The van der Waals surface area contributed by atoms with E-state index in [9.17, 15) is 55.2 Å². The quantitative estimate of drug-likeness (QED) is 0.107. The number of ether oxygens (including phenoxy) is 5. The van der Waals surface area contributed by atoms with E-state index in [-0.39, 0.29) is 0 Å². The summed E-state index contributed by atoms with van der Waals surface area (Å²) in [7, 11) is 0. The van der Waals surface area contributed by atoms with Crippen LogP contribution in [0.3, 0.4) is 0 Å². The van der Waals surface area contributed by atoms with Crippen LogP contribution in [0.1, 0.15) is 20.8 Å². The van der Waals surface area contributed by atoms with E-state index in [1.807, 2.05) is 0 Å². The standard InChI is InChI=1S/C24H41N3O16/c1-7(30)25-13-20(37)21(43-24-15(27-9(3)32)19(36)17(34)11(5-29)42-24)12(40-22(13)38)6-39-23-14(26-8(2)31)18(35)16(33)10(4-28)41-23/h10-24,28-29,33-38H,4-6H2,1-3H3,(H,25,30)(H,26,31)(H,27,32)/t10-,11-,12-,13-,14-,15-,16-,17-,18-,19-,20-,21-,22?,23-,24+/m1/s1. The van der Waals surface area contributed by atoms with Crippen molar-refractivity contribution in [2.45, 2.75) is 113 Å². The molecule has 0 aromatic carbocycles. The molecule has 43 heavy (non-hydrogen) atoms. The lowest BCUT2D eigenvalue weighted by molar-refractivity contribution is -0.336. The lowest BCUT2D eigenvalue weighted by Crippen LogP contribution is -2.69. The zero-order chi connectivity index (χ0) is 32.2. The molecule has 248 valence electrons. The molecular formula is C24H41N3O16. The first kappa shape index (κ1) is 35.4. The van der Waals surface area contributed by atoms with Crippen LogP contribution in [0.25, 0.3) is 0 Å². The zero-order valence-electron chi connectivity index (χ0n) is 23.6. The van der Waals surface area contributed by atoms with Crippen molar-refractivity contribution < 1.29 is 78.9 Å². The maximum Gasteiger partial charge on any atom is 0.217 e. The molecule has 3 amide bonds. The number of rotatable bonds is 10. The fraction of sp³-hybridized carbons (Fsp3) is 0.875. The van der Waals surface area contributed by atoms with Crippen LogP contribution in [0, 0.1) is 0 Å². The summed E-state index contributed by atoms with van der Waals surface area (Å²) >= 11 is 0. The molecule has 0 aromatic rings. The first-order chi connectivity index (χ1) is 20.2. The van der Waals surface area contributed by atoms with Gasteiger partial charge in [0.05, 0.1) is 19.8 Å². The van der Waals surface area contributed by atoms with Crippen LogP contribution in [-0.2, 0) is 38.1 Å². The molecule has 1 unspecified atom stereocenters. The number of aliphatic hydroxyl groups is 8. The second-order valence-corrected chi connectivity index (χ2v) is 10.6. The van der Waals surface area contributed by atoms with Crippen LogP contribution >= 0.6 is 0 Å². The van der Waals surface area contributed by atoms with Gasteiger partial charge < -0.3 is 80.5 Å². The molecule has 19 nitrogen and oxygen atoms in total. The largest absolute Gasteiger partial charge is 0.394 e. The van der Waals surface area contributed by atoms with E-state index in [0.717, 1.165) is 20.8 Å². The highest BCUT2D eigenvalue weighted by molar-refractivity contribution is 5.74. The van der Waals surface area contributed by atoms with Gasteiger partial charge in [0.1, 0.15) is 73.1 Å². The number of amides is 3. The van der Waals surface area contributed by atoms with Gasteiger partial charge in [0.15, 0.2) is 18.9 Å². The second-order valence-electron chi connectivity index (χ2n) is 10.6. The molecule has 15 atom stereocenters. The SMILES string of the molecule is CC(=O)N[C@H]1[C@H](OC[C@H]2OC(O)[C@H](NC(C)=O)[C@@H](O)[C@@H]2O[C@@H]2O[C@H](CO)[C@@H](O)[C@H](O)[C@H]2NC(C)=O)O[C@H](CO)[C@@H](O)[C@@H]1O. The smallest absolute Gasteiger partial charge is 0.217 e. The van der Waals surface area contributed by atoms with Crippen LogP contribution in [0.2, 0.25) is 0 Å². The minimum Gasteiger partial charge on any atom is -0.394 e. The molecule has 0 radical (unpaired) electrons. The zero-order valence-corrected chi connectivity index (χ0v) is 23.6. The third-order valence-corrected chi connectivity index (χ3v) is 7.28. The highest BCUT2D eigenvalue weighted by Gasteiger charge is 2.52. The normalized spacial score (nSPS) is 43.5. The number of carbonyl (C=O) groups excluding carboxylic acids is 3. The summed E-state index contributed by atoms with van der Waals surface area (Å²) in [6, 6.07) is -4.23. The molecule has 3 heterocycles. The Morgan fingerprint density at radius 3 is 1.51 bits per heavy atom. The molecule has 0 saturated carbocycles. The van der Waals surface area contributed by atoms with Gasteiger partial charge in [-0.25, -0.2) is 0 Å². The molecule has 0 aromatic heterocycles. The topological polar surface area (TPSA) is 295 Å². The summed E-state index contributed by atoms with van der Waals surface area (Å²) < 4.78 is 28.3. The van der Waals surface area contributed by atoms with Gasteiger partial charge in [0, 0.05) is 20.8 Å². The number of hydrogen-bond acceptors (Lipinski definition) is 16. The van der Waals surface area contributed by atoms with Gasteiger partial charge in [0.25, 0.3) is 0 Å². The van der Waals surface area contributed by atoms with Crippen molar-refractivity contribution in [3.8, 4) is 0 Å². The molecule has 3 fully saturated rings. The highest BCUT2D eigenvalue weighted by atomic mass is 16.7. The molecule has 0 aliphatic carbocycles. The Labute approximate surface area is 245 Å². The molecule has 0 bridgehead atoms. The Kier molecular flexibility index (Phi) is 12.5. The van der Waals surface area contributed by atoms with Crippen molar-refractivity contribution >= 4 is 17.7 Å². The van der Waals surface area contributed by atoms with Crippen LogP contribution < -0.4 is 16.0 Å². The first-order valence-electron chi connectivity index (χ1n) is 13.5. The van der Waals surface area contributed by atoms with Gasteiger partial charge in [-0.1, -0.05) is 0 Å². The average Bonchev–Trinajstić information content (AvgIpc) is 2.93. The van der Waals surface area contributed by atoms with E-state index in [0.29, 0.717) is 0 Å². The second kappa shape index (κ2) is 15.3. The van der Waals surface area contributed by atoms with E-state index in [1.165, 1.54) is 0 Å². The van der Waals surface area contributed by atoms with Gasteiger partial charge in [-0.2, -0.15) is 0 Å². The van der Waals surface area contributed by atoms with Crippen LogP contribution in [0.4, 0.5) is 0 Å². The van der Waals surface area contributed by atoms with E-state index >= 15 is 0 Å². The van der Waals surface area contributed by atoms with Crippen molar-refractivity contribution in [3.63, 3.8) is 0 Å². The minimum atomic E-state index is -1.82. The Morgan fingerprint density at radius 1 is 0.605 bits per heavy atom. The average molecular weight is 628 g/mol. The first-order valence-corrected chi connectivity index (χ1v) is 13.5. The molecule has 3 rings (SSSR count). The number of aliphatic hydroxyl groups excluding tert-OH is 8. The molecule has 19 heteroatoms. The lowest BCUT2D eigenvalue weighted by Gasteiger charge is -2.48. The van der Waals surface area contributed by atoms with E-state index in [4.69, 9.17) is 23.7 Å². The van der Waals surface area contributed by atoms with Crippen molar-refractivity contribution in [2.75, 3.05) is 19.8 Å². The van der Waals surface area contributed by atoms with Gasteiger partial charge in [0.2, 0.25) is 17.7 Å². The van der Waals surface area contributed by atoms with Gasteiger partial charge in [-0.05, 0) is 0 Å². The van der Waals surface area contributed by atoms with E-state index in [2.05, 4.69) is 16.0 Å². The Bertz CT molecular complexity index is 962. The highest BCUT2D eigenvalue weighted by Crippen LogP contribution is 2.30. The summed E-state index contributed by atoms with van der Waals surface area (Å²) in [6.45, 7) is 1.27. The van der Waals surface area contributed by atoms with Crippen molar-refractivity contribution in [2.24, 2.45) is 0 Å². The monoisotopic (exact) mass is 627 g/mol. The minimum absolute atomic E-state index is 0.612. The number of nitrogens with one attached hydrogen (secondary N) is 3. The predicted octanol–water partition coefficient (Wildman–Crippen LogP) is -7.14. The molecule has 0 spiro atoms. The van der Waals surface area contributed by atoms with Crippen molar-refractivity contribution in [3.05, 3.63) is 0 Å². The summed E-state index contributed by atoms with van der Waals surface area (Å²) in [5, 5.41) is 89.7. The third-order valence-electron chi connectivity index (χ3n) is 7.28. The summed E-state index contributed by atoms with van der Waals surface area (Å²) in [5.41, 5.74) is 0. The van der Waals surface area contributed by atoms with Crippen molar-refractivity contribution in [1.82, 2.24) is 16.0 Å². The van der Waals surface area contributed by atoms with Crippen LogP contribution in [0.15, 0.2) is 0 Å². The molecule has 11 N–H and O–H groups in total. The summed E-state index contributed by atoms with van der Waals surface area (Å²) in [4.78, 5) is 35.4. The number of carbonyl (C=O) groups is 3. The summed E-state index contributed by atoms with van der Waals surface area (Å²) in [5.74, 6) is -1.92. The maximum atomic E-state index is 11.8. The third kappa shape index (κ3) is 8.34. The predicted molar refractivity (Wildman–Crippen MR) is 136 cm³/mol. The Hall–Kier alpha value is -2.11. The van der Waals surface area contributed by atoms with E-state index < -0.39 is 129 Å². The fourth-order valence-electron chi connectivity index (χ4n) is 5.17. The molecular weight excluding hydrogens is 586 g/mol. The van der Waals surface area contributed by atoms with Gasteiger partial charge in [-0.15, -0.1) is 0 Å². The fourth-order valence-corrected chi connectivity index (χ4v) is 5.17. The Morgan fingerprint density at radius 2 is 1.05 bits per heavy atom. The van der Waals surface area contributed by atoms with Crippen LogP contribution in [0.5, 0.6) is 0 Å². The van der Waals surface area contributed by atoms with E-state index in [1.54, 1.807) is 0 Å². The maximum absolute atomic E-state index is 11.8. The Balaban J connectivity index is 1.89. The number of hydrogen-bond donors (Lipinski definition) is 11. The summed E-state index contributed by atoms with van der Waals surface area (Å²) in [6.07, 6.45) is -19.0. The van der Waals surface area contributed by atoms with Crippen LogP contribution in [-0.4, -0.2) is 170 Å². The molecule has 3 aliphatic rings. The lowest BCUT2D eigenvalue weighted by atomic mass is 9.94. The van der Waals surface area contributed by atoms with Gasteiger partial charge in [-0.3, -0.25) is 14.4 Å².